The number of phenolic OH excluding ortho intramolecular Hbond substituents is 2. The van der Waals surface area contributed by atoms with Crippen LogP contribution in [0.4, 0.5) is 0 Å². The molecule has 3 fully saturated rings. The van der Waals surface area contributed by atoms with Crippen molar-refractivity contribution >= 4 is 17.5 Å². The molecule has 7 rings (SSSR count). The van der Waals surface area contributed by atoms with Gasteiger partial charge in [0.1, 0.15) is 29.1 Å². The van der Waals surface area contributed by atoms with E-state index in [1.54, 1.807) is 13.2 Å². The molecule has 12 heteroatoms. The van der Waals surface area contributed by atoms with Gasteiger partial charge >= 0.3 is 0 Å². The van der Waals surface area contributed by atoms with Crippen molar-refractivity contribution in [3.63, 3.8) is 0 Å². The lowest BCUT2D eigenvalue weighted by atomic mass is 9.72. The molecule has 0 aromatic heterocycles. The van der Waals surface area contributed by atoms with Crippen molar-refractivity contribution < 1.29 is 48.7 Å². The second-order valence-corrected chi connectivity index (χ2v) is 13.1. The molecule has 2 aliphatic heterocycles. The smallest absolute Gasteiger partial charge is 0.249 e. The Morgan fingerprint density at radius 2 is 1.84 bits per heavy atom. The van der Waals surface area contributed by atoms with Gasteiger partial charge in [-0.05, 0) is 37.7 Å². The lowest BCUT2D eigenvalue weighted by molar-refractivity contribution is -0.148. The molecule has 1 amide bonds. The highest BCUT2D eigenvalue weighted by atomic mass is 16.6. The third-order valence-corrected chi connectivity index (χ3v) is 10.5. The Balaban J connectivity index is 1.29. The van der Waals surface area contributed by atoms with Crippen molar-refractivity contribution in [3.8, 4) is 17.2 Å². The lowest BCUT2D eigenvalue weighted by Gasteiger charge is -2.43. The molecule has 0 radical (unpaired) electrons. The minimum atomic E-state index is -2.14. The number of ether oxygens (including phenoxy) is 4. The number of carbonyl (C=O) groups is 3. The molecule has 12 nitrogen and oxygen atoms in total. The molecule has 2 saturated heterocycles. The van der Waals surface area contributed by atoms with Gasteiger partial charge in [0.25, 0.3) is 0 Å². The van der Waals surface area contributed by atoms with E-state index in [-0.39, 0.29) is 76.5 Å². The predicted octanol–water partition coefficient (Wildman–Crippen LogP) is 2.10. The molecule has 0 spiro atoms. The summed E-state index contributed by atoms with van der Waals surface area (Å²) in [6.07, 6.45) is 0.606. The number of carbonyl (C=O) groups excluding carboxylic acids is 3. The zero-order chi connectivity index (χ0) is 31.9. The van der Waals surface area contributed by atoms with E-state index < -0.39 is 52.7 Å². The second kappa shape index (κ2) is 10.8. The zero-order valence-electron chi connectivity index (χ0n) is 25.4. The van der Waals surface area contributed by atoms with Crippen LogP contribution in [0.1, 0.15) is 88.1 Å². The monoisotopic (exact) mass is 622 g/mol. The van der Waals surface area contributed by atoms with Gasteiger partial charge in [0.15, 0.2) is 5.78 Å². The molecule has 0 bridgehead atoms. The van der Waals surface area contributed by atoms with Gasteiger partial charge in [0.05, 0.1) is 48.2 Å². The summed E-state index contributed by atoms with van der Waals surface area (Å²) in [5.41, 5.74) is 2.75. The topological polar surface area (TPSA) is 178 Å². The normalized spacial score (nSPS) is 33.9. The van der Waals surface area contributed by atoms with Gasteiger partial charge in [-0.3, -0.25) is 19.3 Å². The Hall–Kier alpha value is -3.55. The fourth-order valence-electron chi connectivity index (χ4n) is 8.42. The first-order valence-corrected chi connectivity index (χ1v) is 15.5. The number of hydrogen-bond donors (Lipinski definition) is 4. The number of fused-ring (bicyclic) bond motifs is 6. The second-order valence-electron chi connectivity index (χ2n) is 13.1. The van der Waals surface area contributed by atoms with Crippen LogP contribution in [0.15, 0.2) is 18.2 Å². The van der Waals surface area contributed by atoms with Gasteiger partial charge in [-0.2, -0.15) is 0 Å². The molecule has 1 unspecified atom stereocenters. The molecule has 1 saturated carbocycles. The predicted molar refractivity (Wildman–Crippen MR) is 157 cm³/mol. The fraction of sp³-hybridized carbons (Fsp3) is 0.545. The number of ketones is 2. The number of nitrogens with zero attached hydrogens (tertiary/aromatic N) is 1. The maximum atomic E-state index is 13.9. The maximum absolute atomic E-state index is 13.9. The van der Waals surface area contributed by atoms with Crippen molar-refractivity contribution in [3.05, 3.63) is 51.6 Å². The summed E-state index contributed by atoms with van der Waals surface area (Å²) >= 11 is 0. The Kier molecular flexibility index (Phi) is 7.21. The van der Waals surface area contributed by atoms with Crippen LogP contribution < -0.4 is 10.5 Å². The Labute approximate surface area is 260 Å². The van der Waals surface area contributed by atoms with Crippen LogP contribution in [0, 0.1) is 5.92 Å². The van der Waals surface area contributed by atoms with Crippen molar-refractivity contribution in [1.29, 1.82) is 0 Å². The molecule has 2 aromatic carbocycles. The number of primary amides is 1. The highest BCUT2D eigenvalue weighted by Gasteiger charge is 2.54. The molecule has 3 aliphatic carbocycles. The summed E-state index contributed by atoms with van der Waals surface area (Å²) in [5, 5.41) is 34.7. The highest BCUT2D eigenvalue weighted by molar-refractivity contribution is 6.31. The van der Waals surface area contributed by atoms with Crippen LogP contribution in [0.2, 0.25) is 0 Å². The Bertz CT molecular complexity index is 1610. The number of phenols is 2. The van der Waals surface area contributed by atoms with Gasteiger partial charge in [0, 0.05) is 49.2 Å². The molecular weight excluding hydrogens is 584 g/mol. The molecule has 240 valence electrons. The van der Waals surface area contributed by atoms with E-state index >= 15 is 0 Å². The van der Waals surface area contributed by atoms with E-state index in [4.69, 9.17) is 24.7 Å². The molecule has 45 heavy (non-hydrogen) atoms. The third kappa shape index (κ3) is 4.41. The van der Waals surface area contributed by atoms with E-state index in [1.165, 1.54) is 19.2 Å². The van der Waals surface area contributed by atoms with Gasteiger partial charge in [-0.25, -0.2) is 0 Å². The number of nitrogens with two attached hydrogens (primary N) is 1. The van der Waals surface area contributed by atoms with Crippen LogP contribution in [0.25, 0.3) is 0 Å². The molecule has 5 aliphatic rings. The van der Waals surface area contributed by atoms with E-state index in [0.29, 0.717) is 12.8 Å². The first kappa shape index (κ1) is 30.1. The molecule has 8 atom stereocenters. The average Bonchev–Trinajstić information content (AvgIpc) is 3.40. The van der Waals surface area contributed by atoms with Gasteiger partial charge in [-0.15, -0.1) is 0 Å². The number of aliphatic hydroxyl groups is 1. The highest BCUT2D eigenvalue weighted by Crippen LogP contribution is 2.53. The number of rotatable bonds is 5. The van der Waals surface area contributed by atoms with Crippen LogP contribution in [-0.2, 0) is 25.4 Å². The van der Waals surface area contributed by atoms with Gasteiger partial charge < -0.3 is 40.0 Å². The van der Waals surface area contributed by atoms with Gasteiger partial charge in [0.2, 0.25) is 11.7 Å². The van der Waals surface area contributed by atoms with Crippen molar-refractivity contribution in [1.82, 2.24) is 4.90 Å². The van der Waals surface area contributed by atoms with Crippen molar-refractivity contribution in [2.45, 2.75) is 87.7 Å². The minimum Gasteiger partial charge on any atom is -0.507 e. The number of hydrogen-bond acceptors (Lipinski definition) is 11. The summed E-state index contributed by atoms with van der Waals surface area (Å²) in [4.78, 5) is 42.5. The summed E-state index contributed by atoms with van der Waals surface area (Å²) in [7, 11) is 3.07. The van der Waals surface area contributed by atoms with Crippen molar-refractivity contribution in [2.75, 3.05) is 20.8 Å². The first-order chi connectivity index (χ1) is 21.5. The molecule has 2 heterocycles. The number of methoxy groups -OCH3 is 2. The van der Waals surface area contributed by atoms with Crippen molar-refractivity contribution in [2.24, 2.45) is 11.7 Å². The number of amides is 1. The zero-order valence-corrected chi connectivity index (χ0v) is 25.4. The van der Waals surface area contributed by atoms with Crippen LogP contribution in [-0.4, -0.2) is 94.6 Å². The number of piperidine rings is 1. The maximum Gasteiger partial charge on any atom is 0.249 e. The molecular formula is C33H38N2O10. The summed E-state index contributed by atoms with van der Waals surface area (Å²) in [6, 6.07) is 4.57. The SMILES string of the molecule is COc1cccc2c1C(=O)c1c(O)c3c(c(O)c1C2=O)C[C@@](O)(C(N)=O)C[C@@H]3OC1C[C@@H](C)[C@H]2O[C@@H]3[C@@H](OC)CCCN3[C@H]2C1. The minimum absolute atomic E-state index is 0.00605. The largest absolute Gasteiger partial charge is 0.507 e. The number of aromatic hydroxyl groups is 2. The lowest BCUT2D eigenvalue weighted by Crippen LogP contribution is -2.52. The first-order valence-electron chi connectivity index (χ1n) is 15.5. The summed E-state index contributed by atoms with van der Waals surface area (Å²) in [5.74, 6) is -3.29. The third-order valence-electron chi connectivity index (χ3n) is 10.5. The summed E-state index contributed by atoms with van der Waals surface area (Å²) < 4.78 is 24.2. The van der Waals surface area contributed by atoms with Crippen LogP contribution >= 0.6 is 0 Å². The van der Waals surface area contributed by atoms with E-state index in [1.807, 2.05) is 0 Å². The number of benzene rings is 2. The van der Waals surface area contributed by atoms with Crippen LogP contribution in [0.5, 0.6) is 17.2 Å². The van der Waals surface area contributed by atoms with Gasteiger partial charge in [-0.1, -0.05) is 19.1 Å². The van der Waals surface area contributed by atoms with E-state index in [9.17, 15) is 29.7 Å². The summed E-state index contributed by atoms with van der Waals surface area (Å²) in [6.45, 7) is 2.96. The Morgan fingerprint density at radius 1 is 1.09 bits per heavy atom. The van der Waals surface area contributed by atoms with Crippen LogP contribution in [0.3, 0.4) is 0 Å². The standard InChI is InChI=1S/C33H38N2O10/c1-14-10-15(11-18-30(14)45-31-20(43-3)8-5-9-35(18)31)44-21-13-33(41,32(34)40)12-17-23(21)29(39)25-24(27(17)37)26(36)16-6-4-7-19(42-2)22(16)28(25)38/h4,6-7,14-15,18,20-21,30-31,37,39,41H,5,8-13H2,1-3H3,(H2,34,40)/t14-,15?,18+,20+,21+,30-,31-,33+/m1/s1. The quantitative estimate of drug-likeness (QED) is 0.306. The molecule has 5 N–H and O–H groups in total. The molecule has 2 aromatic rings. The average molecular weight is 623 g/mol. The fourth-order valence-corrected chi connectivity index (χ4v) is 8.42. The Morgan fingerprint density at radius 3 is 2.56 bits per heavy atom. The van der Waals surface area contributed by atoms with E-state index in [2.05, 4.69) is 11.8 Å². The van der Waals surface area contributed by atoms with E-state index in [0.717, 1.165) is 19.4 Å².